The molecule has 0 aliphatic heterocycles. The molecule has 0 aromatic heterocycles. The maximum Gasteiger partial charge on any atom is 0.201 e. The maximum atomic E-state index is 13.7. The summed E-state index contributed by atoms with van der Waals surface area (Å²) in [6.45, 7) is 3.74. The van der Waals surface area contributed by atoms with Crippen LogP contribution in [-0.4, -0.2) is 6.10 Å². The van der Waals surface area contributed by atoms with Gasteiger partial charge in [-0.25, -0.2) is 4.39 Å². The minimum atomic E-state index is -1.06. The molecule has 2 aromatic rings. The van der Waals surface area contributed by atoms with E-state index in [0.717, 1.165) is 6.07 Å². The monoisotopic (exact) mass is 357 g/mol. The molecule has 0 radical (unpaired) electrons. The quantitative estimate of drug-likeness (QED) is 0.625. The number of hydrogen-bond donors (Lipinski definition) is 1. The molecular weight excluding hydrogens is 344 g/mol. The van der Waals surface area contributed by atoms with Crippen LogP contribution in [0.2, 0.25) is 0 Å². The average molecular weight is 358 g/mol. The molecule has 0 bridgehead atoms. The number of nitrogen functional groups attached to an aromatic ring is 1. The van der Waals surface area contributed by atoms with Gasteiger partial charge in [0.15, 0.2) is 11.6 Å². The van der Waals surface area contributed by atoms with E-state index in [4.69, 9.17) is 15.2 Å². The highest BCUT2D eigenvalue weighted by atomic mass is 79.9. The average Bonchev–Trinajstić information content (AvgIpc) is 2.33. The third kappa shape index (κ3) is 4.07. The molecule has 3 nitrogen and oxygen atoms in total. The molecule has 0 aliphatic carbocycles. The third-order valence-electron chi connectivity index (χ3n) is 2.46. The zero-order chi connectivity index (χ0) is 15.6. The fraction of sp³-hybridized carbons (Fsp3) is 0.200. The first kappa shape index (κ1) is 15.6. The van der Waals surface area contributed by atoms with E-state index >= 15 is 0 Å². The van der Waals surface area contributed by atoms with Gasteiger partial charge in [-0.05, 0) is 26.0 Å². The van der Waals surface area contributed by atoms with E-state index in [1.807, 2.05) is 13.8 Å². The van der Waals surface area contributed by atoms with Gasteiger partial charge in [0, 0.05) is 28.4 Å². The highest BCUT2D eigenvalue weighted by Gasteiger charge is 2.13. The van der Waals surface area contributed by atoms with Gasteiger partial charge in [-0.2, -0.15) is 4.39 Å². The van der Waals surface area contributed by atoms with Crippen LogP contribution in [0.5, 0.6) is 17.2 Å². The molecule has 0 spiro atoms. The Hall–Kier alpha value is -1.82. The topological polar surface area (TPSA) is 44.5 Å². The fourth-order valence-electron chi connectivity index (χ4n) is 1.73. The van der Waals surface area contributed by atoms with Crippen molar-refractivity contribution in [2.24, 2.45) is 0 Å². The van der Waals surface area contributed by atoms with E-state index in [-0.39, 0.29) is 17.6 Å². The first-order valence-electron chi connectivity index (χ1n) is 6.25. The summed E-state index contributed by atoms with van der Waals surface area (Å²) >= 11 is 3.09. The number of hydrogen-bond acceptors (Lipinski definition) is 3. The van der Waals surface area contributed by atoms with Crippen molar-refractivity contribution in [3.8, 4) is 17.2 Å². The van der Waals surface area contributed by atoms with Crippen LogP contribution in [0.1, 0.15) is 13.8 Å². The Morgan fingerprint density at radius 2 is 1.71 bits per heavy atom. The summed E-state index contributed by atoms with van der Waals surface area (Å²) in [5.74, 6) is -1.53. The lowest BCUT2D eigenvalue weighted by Gasteiger charge is -2.13. The van der Waals surface area contributed by atoms with E-state index < -0.39 is 11.6 Å². The minimum absolute atomic E-state index is 0.0419. The largest absolute Gasteiger partial charge is 0.491 e. The normalized spacial score (nSPS) is 10.8. The lowest BCUT2D eigenvalue weighted by atomic mass is 10.2. The smallest absolute Gasteiger partial charge is 0.201 e. The second-order valence-electron chi connectivity index (χ2n) is 4.71. The van der Waals surface area contributed by atoms with Crippen molar-refractivity contribution in [1.29, 1.82) is 0 Å². The Labute approximate surface area is 129 Å². The molecule has 21 heavy (non-hydrogen) atoms. The van der Waals surface area contributed by atoms with Gasteiger partial charge in [0.25, 0.3) is 0 Å². The lowest BCUT2D eigenvalue weighted by molar-refractivity contribution is 0.241. The lowest BCUT2D eigenvalue weighted by Crippen LogP contribution is -2.06. The Bertz CT molecular complexity index is 662. The van der Waals surface area contributed by atoms with Gasteiger partial charge in [-0.3, -0.25) is 0 Å². The molecular formula is C15H14BrF2NO2. The molecule has 0 amide bonds. The van der Waals surface area contributed by atoms with E-state index in [1.54, 1.807) is 12.1 Å². The van der Waals surface area contributed by atoms with Gasteiger partial charge in [-0.15, -0.1) is 0 Å². The van der Waals surface area contributed by atoms with Crippen LogP contribution in [0.4, 0.5) is 14.5 Å². The van der Waals surface area contributed by atoms with Gasteiger partial charge in [0.05, 0.1) is 6.10 Å². The maximum absolute atomic E-state index is 13.7. The van der Waals surface area contributed by atoms with Crippen LogP contribution in [0.25, 0.3) is 0 Å². The summed E-state index contributed by atoms with van der Waals surface area (Å²) in [4.78, 5) is 0. The molecule has 2 N–H and O–H groups in total. The molecule has 2 rings (SSSR count). The SMILES string of the molecule is CC(C)Oc1cc(N)cc(Oc2cc(Br)cc(F)c2F)c1. The van der Waals surface area contributed by atoms with Crippen LogP contribution < -0.4 is 15.2 Å². The second kappa shape index (κ2) is 6.30. The van der Waals surface area contributed by atoms with Crippen LogP contribution in [0.3, 0.4) is 0 Å². The summed E-state index contributed by atoms with van der Waals surface area (Å²) in [6.07, 6.45) is -0.0419. The highest BCUT2D eigenvalue weighted by Crippen LogP contribution is 2.32. The van der Waals surface area contributed by atoms with Crippen LogP contribution in [0, 0.1) is 11.6 Å². The Morgan fingerprint density at radius 3 is 2.38 bits per heavy atom. The molecule has 0 fully saturated rings. The molecule has 2 aromatic carbocycles. The third-order valence-corrected chi connectivity index (χ3v) is 2.92. The molecule has 6 heteroatoms. The Balaban J connectivity index is 2.33. The predicted molar refractivity (Wildman–Crippen MR) is 80.8 cm³/mol. The summed E-state index contributed by atoms with van der Waals surface area (Å²) in [5.41, 5.74) is 6.15. The van der Waals surface area contributed by atoms with Gasteiger partial charge < -0.3 is 15.2 Å². The summed E-state index contributed by atoms with van der Waals surface area (Å²) in [6, 6.07) is 7.06. The van der Waals surface area contributed by atoms with Crippen molar-refractivity contribution < 1.29 is 18.3 Å². The predicted octanol–water partition coefficient (Wildman–Crippen LogP) is 4.89. The van der Waals surface area contributed by atoms with E-state index in [0.29, 0.717) is 15.9 Å². The summed E-state index contributed by atoms with van der Waals surface area (Å²) in [5, 5.41) is 0. The zero-order valence-corrected chi connectivity index (χ0v) is 13.1. The first-order chi connectivity index (χ1) is 9.85. The Kier molecular flexibility index (Phi) is 4.67. The first-order valence-corrected chi connectivity index (χ1v) is 7.04. The Morgan fingerprint density at radius 1 is 1.05 bits per heavy atom. The zero-order valence-electron chi connectivity index (χ0n) is 11.5. The van der Waals surface area contributed by atoms with Crippen molar-refractivity contribution in [2.75, 3.05) is 5.73 Å². The van der Waals surface area contributed by atoms with Crippen molar-refractivity contribution in [2.45, 2.75) is 20.0 Å². The molecule has 112 valence electrons. The standard InChI is InChI=1S/C15H14BrF2NO2/c1-8(2)20-11-5-10(19)6-12(7-11)21-14-4-9(16)3-13(17)15(14)18/h3-8H,19H2,1-2H3. The number of rotatable bonds is 4. The van der Waals surface area contributed by atoms with Gasteiger partial charge in [-0.1, -0.05) is 15.9 Å². The second-order valence-corrected chi connectivity index (χ2v) is 5.62. The van der Waals surface area contributed by atoms with E-state index in [1.165, 1.54) is 12.1 Å². The van der Waals surface area contributed by atoms with Crippen LogP contribution in [-0.2, 0) is 0 Å². The summed E-state index contributed by atoms with van der Waals surface area (Å²) in [7, 11) is 0. The number of halogens is 3. The summed E-state index contributed by atoms with van der Waals surface area (Å²) < 4.78 is 38.3. The van der Waals surface area contributed by atoms with E-state index in [2.05, 4.69) is 15.9 Å². The van der Waals surface area contributed by atoms with Crippen molar-refractivity contribution >= 4 is 21.6 Å². The number of benzene rings is 2. The van der Waals surface area contributed by atoms with Gasteiger partial charge >= 0.3 is 0 Å². The van der Waals surface area contributed by atoms with Gasteiger partial charge in [0.2, 0.25) is 5.82 Å². The molecule has 0 heterocycles. The van der Waals surface area contributed by atoms with Crippen molar-refractivity contribution in [3.63, 3.8) is 0 Å². The molecule has 0 atom stereocenters. The highest BCUT2D eigenvalue weighted by molar-refractivity contribution is 9.10. The van der Waals surface area contributed by atoms with E-state index in [9.17, 15) is 8.78 Å². The molecule has 0 aliphatic rings. The minimum Gasteiger partial charge on any atom is -0.491 e. The number of nitrogens with two attached hydrogens (primary N) is 1. The van der Waals surface area contributed by atoms with Gasteiger partial charge in [0.1, 0.15) is 11.5 Å². The van der Waals surface area contributed by atoms with Crippen LogP contribution >= 0.6 is 15.9 Å². The fourth-order valence-corrected chi connectivity index (χ4v) is 2.14. The number of ether oxygens (including phenoxy) is 2. The van der Waals surface area contributed by atoms with Crippen LogP contribution in [0.15, 0.2) is 34.8 Å². The van der Waals surface area contributed by atoms with Crippen molar-refractivity contribution in [3.05, 3.63) is 46.4 Å². The number of anilines is 1. The molecule has 0 saturated heterocycles. The molecule has 0 saturated carbocycles. The van der Waals surface area contributed by atoms with Crippen molar-refractivity contribution in [1.82, 2.24) is 0 Å². The molecule has 0 unspecified atom stereocenters.